The highest BCUT2D eigenvalue weighted by molar-refractivity contribution is 7.99. The Bertz CT molecular complexity index is 1320. The van der Waals surface area contributed by atoms with Gasteiger partial charge < -0.3 is 23.4 Å². The van der Waals surface area contributed by atoms with E-state index >= 15 is 0 Å². The van der Waals surface area contributed by atoms with E-state index in [1.165, 1.54) is 11.8 Å². The molecule has 5 rings (SSSR count). The number of methoxy groups -OCH3 is 2. The Morgan fingerprint density at radius 2 is 1.86 bits per heavy atom. The molecule has 0 fully saturated rings. The third-order valence-corrected chi connectivity index (χ3v) is 7.22. The summed E-state index contributed by atoms with van der Waals surface area (Å²) in [5, 5.41) is 9.14. The molecule has 0 aliphatic carbocycles. The van der Waals surface area contributed by atoms with Gasteiger partial charge in [-0.3, -0.25) is 4.79 Å². The summed E-state index contributed by atoms with van der Waals surface area (Å²) in [7, 11) is 5.13. The first kappa shape index (κ1) is 23.0. The van der Waals surface area contributed by atoms with Crippen molar-refractivity contribution >= 4 is 17.7 Å². The molecule has 8 nitrogen and oxygen atoms in total. The van der Waals surface area contributed by atoms with Crippen molar-refractivity contribution in [1.82, 2.24) is 19.7 Å². The summed E-state index contributed by atoms with van der Waals surface area (Å²) < 4.78 is 18.4. The van der Waals surface area contributed by atoms with E-state index in [4.69, 9.17) is 13.9 Å². The van der Waals surface area contributed by atoms with Gasteiger partial charge in [-0.05, 0) is 47.4 Å². The molecule has 180 valence electrons. The van der Waals surface area contributed by atoms with Crippen LogP contribution in [-0.4, -0.2) is 52.1 Å². The number of benzene rings is 2. The zero-order valence-electron chi connectivity index (χ0n) is 19.8. The Kier molecular flexibility index (Phi) is 6.50. The predicted octanol–water partition coefficient (Wildman–Crippen LogP) is 4.36. The van der Waals surface area contributed by atoms with E-state index in [-0.39, 0.29) is 17.7 Å². The van der Waals surface area contributed by atoms with Crippen LogP contribution in [0.15, 0.2) is 70.4 Å². The number of ether oxygens (including phenoxy) is 2. The van der Waals surface area contributed by atoms with Crippen molar-refractivity contribution in [2.75, 3.05) is 26.5 Å². The number of amides is 1. The van der Waals surface area contributed by atoms with Crippen LogP contribution in [0.4, 0.5) is 0 Å². The Labute approximate surface area is 207 Å². The first-order chi connectivity index (χ1) is 17.1. The molecule has 1 aliphatic rings. The quantitative estimate of drug-likeness (QED) is 0.356. The lowest BCUT2D eigenvalue weighted by Crippen LogP contribution is -2.41. The summed E-state index contributed by atoms with van der Waals surface area (Å²) in [4.78, 5) is 15.5. The van der Waals surface area contributed by atoms with Crippen molar-refractivity contribution in [2.45, 2.75) is 17.6 Å². The number of rotatable bonds is 7. The number of fused-ring (bicyclic) bond motifs is 1. The van der Waals surface area contributed by atoms with E-state index < -0.39 is 0 Å². The molecular weight excluding hydrogens is 464 g/mol. The number of furan rings is 1. The van der Waals surface area contributed by atoms with Gasteiger partial charge in [0, 0.05) is 13.6 Å². The normalized spacial score (nSPS) is 15.1. The molecule has 1 aliphatic heterocycles. The minimum Gasteiger partial charge on any atom is -0.493 e. The maximum absolute atomic E-state index is 13.6. The van der Waals surface area contributed by atoms with Crippen LogP contribution in [0.5, 0.6) is 11.5 Å². The highest BCUT2D eigenvalue weighted by atomic mass is 32.2. The molecule has 0 bridgehead atoms. The predicted molar refractivity (Wildman–Crippen MR) is 133 cm³/mol. The maximum atomic E-state index is 13.6. The standard InChI is InChI=1S/C26H26N4O4S/c1-29-25(20-10-7-13-34-20)27-28-26(29)35-16-23(31)30-12-11-18-14-21(32-2)22(33-3)15-19(18)24(30)17-8-5-4-6-9-17/h4-10,13-15,24H,11-12,16H2,1-3H3. The van der Waals surface area contributed by atoms with Gasteiger partial charge in [-0.25, -0.2) is 0 Å². The Hall–Kier alpha value is -3.72. The fraction of sp³-hybridized carbons (Fsp3) is 0.269. The molecule has 1 amide bonds. The molecule has 0 saturated carbocycles. The second-order valence-electron chi connectivity index (χ2n) is 8.19. The van der Waals surface area contributed by atoms with Crippen molar-refractivity contribution in [1.29, 1.82) is 0 Å². The van der Waals surface area contributed by atoms with Crippen LogP contribution in [0.25, 0.3) is 11.6 Å². The number of hydrogen-bond donors (Lipinski definition) is 0. The first-order valence-corrected chi connectivity index (χ1v) is 12.2. The molecule has 0 radical (unpaired) electrons. The average molecular weight is 491 g/mol. The fourth-order valence-electron chi connectivity index (χ4n) is 4.48. The lowest BCUT2D eigenvalue weighted by atomic mass is 9.87. The monoisotopic (exact) mass is 490 g/mol. The Morgan fingerprint density at radius 3 is 2.57 bits per heavy atom. The number of thioether (sulfide) groups is 1. The van der Waals surface area contributed by atoms with Gasteiger partial charge in [0.2, 0.25) is 5.91 Å². The molecule has 0 spiro atoms. The third kappa shape index (κ3) is 4.39. The van der Waals surface area contributed by atoms with Crippen molar-refractivity contribution < 1.29 is 18.7 Å². The lowest BCUT2D eigenvalue weighted by Gasteiger charge is -2.38. The van der Waals surface area contributed by atoms with Gasteiger partial charge in [0.05, 0.1) is 32.3 Å². The molecule has 3 heterocycles. The zero-order valence-corrected chi connectivity index (χ0v) is 20.6. The number of nitrogens with zero attached hydrogens (tertiary/aromatic N) is 4. The number of carbonyl (C=O) groups is 1. The molecule has 4 aromatic rings. The van der Waals surface area contributed by atoms with Crippen LogP contribution in [0, 0.1) is 0 Å². The van der Waals surface area contributed by atoms with Crippen LogP contribution < -0.4 is 9.47 Å². The highest BCUT2D eigenvalue weighted by Gasteiger charge is 2.33. The molecule has 1 atom stereocenters. The summed E-state index contributed by atoms with van der Waals surface area (Å²) >= 11 is 1.37. The first-order valence-electron chi connectivity index (χ1n) is 11.3. The summed E-state index contributed by atoms with van der Waals surface area (Å²) in [5.74, 6) is 2.89. The molecule has 1 unspecified atom stereocenters. The SMILES string of the molecule is COc1cc2c(cc1OC)C(c1ccccc1)N(C(=O)CSc1nnc(-c3ccco3)n1C)CC2. The average Bonchev–Trinajstić information content (AvgIpc) is 3.55. The van der Waals surface area contributed by atoms with E-state index in [1.54, 1.807) is 20.5 Å². The van der Waals surface area contributed by atoms with Gasteiger partial charge in [-0.15, -0.1) is 10.2 Å². The van der Waals surface area contributed by atoms with Crippen LogP contribution in [0.3, 0.4) is 0 Å². The summed E-state index contributed by atoms with van der Waals surface area (Å²) in [6.45, 7) is 0.609. The molecule has 2 aromatic carbocycles. The van der Waals surface area contributed by atoms with Crippen LogP contribution in [0.1, 0.15) is 22.7 Å². The van der Waals surface area contributed by atoms with Crippen molar-refractivity contribution in [3.8, 4) is 23.1 Å². The van der Waals surface area contributed by atoms with Gasteiger partial charge in [-0.1, -0.05) is 42.1 Å². The van der Waals surface area contributed by atoms with E-state index in [9.17, 15) is 4.79 Å². The second-order valence-corrected chi connectivity index (χ2v) is 9.13. The fourth-order valence-corrected chi connectivity index (χ4v) is 5.28. The number of hydrogen-bond acceptors (Lipinski definition) is 7. The summed E-state index contributed by atoms with van der Waals surface area (Å²) in [6, 6.07) is 17.5. The Balaban J connectivity index is 1.42. The number of aromatic nitrogens is 3. The summed E-state index contributed by atoms with van der Waals surface area (Å²) in [5.41, 5.74) is 3.26. The number of carbonyl (C=O) groups excluding carboxylic acids is 1. The minimum absolute atomic E-state index is 0.0341. The maximum Gasteiger partial charge on any atom is 0.233 e. The summed E-state index contributed by atoms with van der Waals surface area (Å²) in [6.07, 6.45) is 2.34. The molecule has 2 aromatic heterocycles. The topological polar surface area (TPSA) is 82.6 Å². The molecule has 0 saturated heterocycles. The Morgan fingerprint density at radius 1 is 1.09 bits per heavy atom. The van der Waals surface area contributed by atoms with Crippen LogP contribution in [0.2, 0.25) is 0 Å². The second kappa shape index (κ2) is 9.87. The molecule has 35 heavy (non-hydrogen) atoms. The van der Waals surface area contributed by atoms with E-state index in [0.717, 1.165) is 23.1 Å². The zero-order chi connectivity index (χ0) is 24.4. The van der Waals surface area contributed by atoms with Crippen molar-refractivity contribution in [2.24, 2.45) is 7.05 Å². The molecule has 9 heteroatoms. The highest BCUT2D eigenvalue weighted by Crippen LogP contribution is 2.41. The van der Waals surface area contributed by atoms with E-state index in [2.05, 4.69) is 22.3 Å². The lowest BCUT2D eigenvalue weighted by molar-refractivity contribution is -0.130. The van der Waals surface area contributed by atoms with Crippen LogP contribution >= 0.6 is 11.8 Å². The molecular formula is C26H26N4O4S. The van der Waals surface area contributed by atoms with Crippen LogP contribution in [-0.2, 0) is 18.3 Å². The van der Waals surface area contributed by atoms with Gasteiger partial charge in [0.15, 0.2) is 28.2 Å². The van der Waals surface area contributed by atoms with Crippen molar-refractivity contribution in [3.05, 3.63) is 77.6 Å². The van der Waals surface area contributed by atoms with Gasteiger partial charge in [0.1, 0.15) is 0 Å². The third-order valence-electron chi connectivity index (χ3n) is 6.21. The van der Waals surface area contributed by atoms with Gasteiger partial charge >= 0.3 is 0 Å². The minimum atomic E-state index is -0.217. The van der Waals surface area contributed by atoms with E-state index in [0.29, 0.717) is 34.8 Å². The smallest absolute Gasteiger partial charge is 0.233 e. The molecule has 0 N–H and O–H groups in total. The van der Waals surface area contributed by atoms with Gasteiger partial charge in [0.25, 0.3) is 0 Å². The van der Waals surface area contributed by atoms with Crippen molar-refractivity contribution in [3.63, 3.8) is 0 Å². The largest absolute Gasteiger partial charge is 0.493 e. The van der Waals surface area contributed by atoms with Gasteiger partial charge in [-0.2, -0.15) is 0 Å². The van der Waals surface area contributed by atoms with E-state index in [1.807, 2.05) is 59.0 Å².